The number of furan rings is 2. The second-order valence-corrected chi connectivity index (χ2v) is 18.8. The largest absolute Gasteiger partial charge is 0.486 e. The number of nitrogens with zero attached hydrogens (tertiary/aromatic N) is 2. The predicted molar refractivity (Wildman–Crippen MR) is 271 cm³/mol. The van der Waals surface area contributed by atoms with E-state index in [1.165, 1.54) is 16.5 Å². The van der Waals surface area contributed by atoms with Crippen molar-refractivity contribution in [2.75, 3.05) is 23.0 Å². The molecule has 318 valence electrons. The fraction of sp³-hybridized carbons (Fsp3) is 0.119. The predicted octanol–water partition coefficient (Wildman–Crippen LogP) is 13.6. The molecule has 7 heteroatoms. The Bertz CT molecular complexity index is 3500. The summed E-state index contributed by atoms with van der Waals surface area (Å²) in [4.78, 5) is 4.92. The average molecular weight is 857 g/mol. The monoisotopic (exact) mass is 856 g/mol. The molecule has 3 aliphatic heterocycles. The van der Waals surface area contributed by atoms with Crippen molar-refractivity contribution < 1.29 is 18.3 Å². The highest BCUT2D eigenvalue weighted by atomic mass is 16.6. The van der Waals surface area contributed by atoms with Crippen molar-refractivity contribution in [1.82, 2.24) is 0 Å². The summed E-state index contributed by atoms with van der Waals surface area (Å²) in [5.74, 6) is 3.21. The van der Waals surface area contributed by atoms with Gasteiger partial charge in [0.2, 0.25) is 0 Å². The van der Waals surface area contributed by atoms with Gasteiger partial charge in [-0.3, -0.25) is 0 Å². The first-order valence-electron chi connectivity index (χ1n) is 22.8. The highest BCUT2D eigenvalue weighted by Crippen LogP contribution is 2.52. The zero-order valence-corrected chi connectivity index (χ0v) is 37.3. The smallest absolute Gasteiger partial charge is 0.252 e. The lowest BCUT2D eigenvalue weighted by Crippen LogP contribution is -2.61. The standard InChI is InChI=1S/C59H45BN2O4/c1-36-30-49-56-50(31-36)62(47-26-21-42(59(2,3)4)35-44(47)37-12-6-5-7-13-37)57-45(24-27-53-58(57)64-29-28-63-53)60(56)46-32-41(55-34-40-15-9-11-17-52(40)66-55)20-25-48(46)61(49)43-22-18-38(19-23-43)54-33-39-14-8-10-16-51(39)65-54/h5-27,30-35H,28-29H2,1-4H3. The molecule has 0 N–H and O–H groups in total. The van der Waals surface area contributed by atoms with Crippen molar-refractivity contribution in [3.8, 4) is 45.3 Å². The summed E-state index contributed by atoms with van der Waals surface area (Å²) in [7, 11) is 0. The van der Waals surface area contributed by atoms with Crippen molar-refractivity contribution in [3.63, 3.8) is 0 Å². The van der Waals surface area contributed by atoms with Crippen LogP contribution in [0.2, 0.25) is 0 Å². The Labute approximate surface area is 384 Å². The molecule has 0 amide bonds. The normalized spacial score (nSPS) is 13.8. The van der Waals surface area contributed by atoms with Gasteiger partial charge in [-0.1, -0.05) is 106 Å². The minimum atomic E-state index is -0.155. The molecule has 3 aliphatic rings. The third-order valence-corrected chi connectivity index (χ3v) is 13.6. The van der Waals surface area contributed by atoms with Gasteiger partial charge in [-0.25, -0.2) is 0 Å². The van der Waals surface area contributed by atoms with Crippen LogP contribution in [0.4, 0.5) is 34.1 Å². The lowest BCUT2D eigenvalue weighted by atomic mass is 9.33. The molecule has 5 heterocycles. The molecule has 0 atom stereocenters. The maximum atomic E-state index is 6.76. The number of anilines is 6. The molecule has 0 unspecified atom stereocenters. The summed E-state index contributed by atoms with van der Waals surface area (Å²) in [6, 6.07) is 63.2. The van der Waals surface area contributed by atoms with Crippen LogP contribution in [0.3, 0.4) is 0 Å². The van der Waals surface area contributed by atoms with E-state index in [1.54, 1.807) is 0 Å². The second kappa shape index (κ2) is 14.6. The van der Waals surface area contributed by atoms with E-state index < -0.39 is 0 Å². The fourth-order valence-electron chi connectivity index (χ4n) is 10.5. The summed E-state index contributed by atoms with van der Waals surface area (Å²) < 4.78 is 26.1. The van der Waals surface area contributed by atoms with Crippen molar-refractivity contribution >= 4 is 79.2 Å². The number of benzene rings is 8. The van der Waals surface area contributed by atoms with E-state index in [1.807, 2.05) is 30.3 Å². The minimum absolute atomic E-state index is 0.0622. The lowest BCUT2D eigenvalue weighted by molar-refractivity contribution is 0.172. The van der Waals surface area contributed by atoms with Crippen molar-refractivity contribution in [1.29, 1.82) is 0 Å². The molecule has 0 radical (unpaired) electrons. The van der Waals surface area contributed by atoms with Gasteiger partial charge < -0.3 is 28.1 Å². The van der Waals surface area contributed by atoms with Gasteiger partial charge in [0, 0.05) is 50.2 Å². The van der Waals surface area contributed by atoms with Crippen LogP contribution < -0.4 is 35.7 Å². The van der Waals surface area contributed by atoms with E-state index in [0.717, 1.165) is 112 Å². The van der Waals surface area contributed by atoms with Crippen LogP contribution >= 0.6 is 0 Å². The second-order valence-electron chi connectivity index (χ2n) is 18.8. The molecular formula is C59H45BN2O4. The van der Waals surface area contributed by atoms with Gasteiger partial charge in [0.25, 0.3) is 6.71 Å². The Morgan fingerprint density at radius 3 is 1.85 bits per heavy atom. The maximum Gasteiger partial charge on any atom is 0.252 e. The molecule has 2 aromatic heterocycles. The topological polar surface area (TPSA) is 51.2 Å². The summed E-state index contributed by atoms with van der Waals surface area (Å²) >= 11 is 0. The maximum absolute atomic E-state index is 6.76. The minimum Gasteiger partial charge on any atom is -0.486 e. The highest BCUT2D eigenvalue weighted by molar-refractivity contribution is 7.00. The molecule has 0 bridgehead atoms. The van der Waals surface area contributed by atoms with E-state index in [0.29, 0.717) is 13.2 Å². The molecule has 10 aromatic rings. The summed E-state index contributed by atoms with van der Waals surface area (Å²) in [5.41, 5.74) is 18.5. The Balaban J connectivity index is 1.08. The van der Waals surface area contributed by atoms with Gasteiger partial charge in [-0.05, 0) is 136 Å². The molecule has 0 aliphatic carbocycles. The number of ether oxygens (including phenoxy) is 2. The fourth-order valence-corrected chi connectivity index (χ4v) is 10.5. The van der Waals surface area contributed by atoms with Crippen molar-refractivity contribution in [3.05, 3.63) is 187 Å². The number of fused-ring (bicyclic) bond motifs is 8. The number of hydrogen-bond donors (Lipinski definition) is 0. The third-order valence-electron chi connectivity index (χ3n) is 13.6. The molecular weight excluding hydrogens is 811 g/mol. The van der Waals surface area contributed by atoms with Crippen LogP contribution in [-0.4, -0.2) is 19.9 Å². The van der Waals surface area contributed by atoms with Gasteiger partial charge in [0.1, 0.15) is 35.9 Å². The quantitative estimate of drug-likeness (QED) is 0.161. The Morgan fingerprint density at radius 1 is 0.500 bits per heavy atom. The lowest BCUT2D eigenvalue weighted by Gasteiger charge is -2.45. The van der Waals surface area contributed by atoms with Gasteiger partial charge >= 0.3 is 0 Å². The number of rotatable bonds is 5. The molecule has 0 saturated heterocycles. The summed E-state index contributed by atoms with van der Waals surface area (Å²) in [5, 5.41) is 2.17. The van der Waals surface area contributed by atoms with Gasteiger partial charge in [0.15, 0.2) is 11.5 Å². The third kappa shape index (κ3) is 6.03. The van der Waals surface area contributed by atoms with Gasteiger partial charge in [0.05, 0.1) is 11.4 Å². The summed E-state index contributed by atoms with van der Waals surface area (Å²) in [6.07, 6.45) is 0. The van der Waals surface area contributed by atoms with E-state index in [2.05, 4.69) is 183 Å². The Hall–Kier alpha value is -7.90. The first-order valence-corrected chi connectivity index (χ1v) is 22.8. The zero-order valence-electron chi connectivity index (χ0n) is 37.3. The zero-order chi connectivity index (χ0) is 44.3. The van der Waals surface area contributed by atoms with E-state index in [4.69, 9.17) is 18.3 Å². The number of para-hydroxylation sites is 2. The summed E-state index contributed by atoms with van der Waals surface area (Å²) in [6.45, 7) is 9.87. The number of hydrogen-bond acceptors (Lipinski definition) is 6. The molecule has 66 heavy (non-hydrogen) atoms. The first-order chi connectivity index (χ1) is 32.2. The molecule has 0 fully saturated rings. The molecule has 0 saturated carbocycles. The van der Waals surface area contributed by atoms with Crippen LogP contribution in [-0.2, 0) is 5.41 Å². The SMILES string of the molecule is Cc1cc2c3c(c1)N(c1ccc(C(C)(C)C)cc1-c1ccccc1)c1c(ccc4c1OCCO4)B3c1cc(-c3cc4ccccc4o3)ccc1N2c1ccc(-c2cc3ccccc3o2)cc1. The van der Waals surface area contributed by atoms with E-state index in [9.17, 15) is 0 Å². The molecule has 8 aromatic carbocycles. The van der Waals surface area contributed by atoms with Crippen LogP contribution in [0.15, 0.2) is 185 Å². The molecule has 6 nitrogen and oxygen atoms in total. The average Bonchev–Trinajstić information content (AvgIpc) is 3.99. The van der Waals surface area contributed by atoms with Gasteiger partial charge in [-0.2, -0.15) is 0 Å². The molecule has 13 rings (SSSR count). The Morgan fingerprint density at radius 2 is 1.14 bits per heavy atom. The Kier molecular flexibility index (Phi) is 8.51. The highest BCUT2D eigenvalue weighted by Gasteiger charge is 2.46. The van der Waals surface area contributed by atoms with Crippen LogP contribution in [0.1, 0.15) is 31.9 Å². The van der Waals surface area contributed by atoms with Gasteiger partial charge in [-0.15, -0.1) is 0 Å². The van der Waals surface area contributed by atoms with Crippen LogP contribution in [0.25, 0.3) is 55.7 Å². The first kappa shape index (κ1) is 38.6. The van der Waals surface area contributed by atoms with Crippen LogP contribution in [0, 0.1) is 6.92 Å². The van der Waals surface area contributed by atoms with Crippen molar-refractivity contribution in [2.24, 2.45) is 0 Å². The van der Waals surface area contributed by atoms with E-state index in [-0.39, 0.29) is 12.1 Å². The number of aryl methyl sites for hydroxylation is 1. The van der Waals surface area contributed by atoms with Crippen LogP contribution in [0.5, 0.6) is 11.5 Å². The van der Waals surface area contributed by atoms with Crippen molar-refractivity contribution in [2.45, 2.75) is 33.1 Å². The molecule has 0 spiro atoms. The van der Waals surface area contributed by atoms with E-state index >= 15 is 0 Å².